The number of rotatable bonds is 6. The first kappa shape index (κ1) is 17.0. The predicted octanol–water partition coefficient (Wildman–Crippen LogP) is 2.87. The second kappa shape index (κ2) is 7.36. The molecule has 0 amide bonds. The summed E-state index contributed by atoms with van der Waals surface area (Å²) in [5.41, 5.74) is -0.802. The molecule has 1 fully saturated rings. The Morgan fingerprint density at radius 1 is 1.29 bits per heavy atom. The van der Waals surface area contributed by atoms with E-state index in [-0.39, 0.29) is 0 Å². The van der Waals surface area contributed by atoms with Crippen molar-refractivity contribution < 1.29 is 9.84 Å². The second-order valence-corrected chi connectivity index (χ2v) is 6.98. The lowest BCUT2D eigenvalue weighted by atomic mass is 9.93. The highest BCUT2D eigenvalue weighted by molar-refractivity contribution is 5.21. The van der Waals surface area contributed by atoms with Gasteiger partial charge >= 0.3 is 0 Å². The van der Waals surface area contributed by atoms with Crippen LogP contribution in [0.4, 0.5) is 0 Å². The van der Waals surface area contributed by atoms with Gasteiger partial charge in [-0.3, -0.25) is 4.90 Å². The number of ether oxygens (including phenoxy) is 1. The first-order valence-electron chi connectivity index (χ1n) is 8.70. The lowest BCUT2D eigenvalue weighted by molar-refractivity contribution is -0.0627. The summed E-state index contributed by atoms with van der Waals surface area (Å²) < 4.78 is 7.99. The fraction of sp³-hybridized carbons (Fsp3) is 0.526. The monoisotopic (exact) mass is 329 g/mol. The topological polar surface area (TPSA) is 50.5 Å². The van der Waals surface area contributed by atoms with Crippen molar-refractivity contribution in [3.63, 3.8) is 0 Å². The third-order valence-corrected chi connectivity index (χ3v) is 4.56. The minimum Gasteiger partial charge on any atom is -0.491 e. The molecule has 1 aliphatic heterocycles. The maximum atomic E-state index is 10.9. The van der Waals surface area contributed by atoms with Crippen LogP contribution in [0.3, 0.4) is 0 Å². The van der Waals surface area contributed by atoms with Crippen molar-refractivity contribution in [2.24, 2.45) is 0 Å². The lowest BCUT2D eigenvalue weighted by Gasteiger charge is -2.38. The number of para-hydroxylation sites is 1. The number of imidazole rings is 1. The van der Waals surface area contributed by atoms with Gasteiger partial charge in [-0.25, -0.2) is 4.98 Å². The largest absolute Gasteiger partial charge is 0.491 e. The molecule has 1 atom stereocenters. The number of piperidine rings is 1. The zero-order valence-corrected chi connectivity index (χ0v) is 14.6. The van der Waals surface area contributed by atoms with Crippen molar-refractivity contribution in [2.45, 2.75) is 44.9 Å². The van der Waals surface area contributed by atoms with Crippen molar-refractivity contribution in [3.05, 3.63) is 48.5 Å². The van der Waals surface area contributed by atoms with Crippen LogP contribution in [0.2, 0.25) is 0 Å². The number of nitrogens with zero attached hydrogens (tertiary/aromatic N) is 3. The van der Waals surface area contributed by atoms with Crippen molar-refractivity contribution >= 4 is 0 Å². The van der Waals surface area contributed by atoms with E-state index in [1.54, 1.807) is 0 Å². The second-order valence-electron chi connectivity index (χ2n) is 6.98. The van der Waals surface area contributed by atoms with Crippen LogP contribution < -0.4 is 4.74 Å². The Bertz CT molecular complexity index is 641. The van der Waals surface area contributed by atoms with Crippen molar-refractivity contribution in [1.29, 1.82) is 0 Å². The molecule has 0 unspecified atom stereocenters. The molecule has 1 aliphatic rings. The number of aromatic nitrogens is 2. The van der Waals surface area contributed by atoms with Gasteiger partial charge in [0, 0.05) is 25.0 Å². The molecule has 1 saturated heterocycles. The van der Waals surface area contributed by atoms with E-state index in [1.165, 1.54) is 0 Å². The van der Waals surface area contributed by atoms with Gasteiger partial charge in [-0.05, 0) is 45.4 Å². The van der Waals surface area contributed by atoms with Gasteiger partial charge in [0.2, 0.25) is 0 Å². The summed E-state index contributed by atoms with van der Waals surface area (Å²) in [4.78, 5) is 6.76. The molecule has 24 heavy (non-hydrogen) atoms. The summed E-state index contributed by atoms with van der Waals surface area (Å²) in [5.74, 6) is 1.86. The van der Waals surface area contributed by atoms with Gasteiger partial charge in [0.15, 0.2) is 0 Å². The third-order valence-electron chi connectivity index (χ3n) is 4.56. The summed E-state index contributed by atoms with van der Waals surface area (Å²) in [6, 6.07) is 10.1. The van der Waals surface area contributed by atoms with E-state index in [1.807, 2.05) is 42.7 Å². The van der Waals surface area contributed by atoms with E-state index in [0.29, 0.717) is 19.2 Å². The molecule has 0 spiro atoms. The average molecular weight is 329 g/mol. The van der Waals surface area contributed by atoms with Gasteiger partial charge in [-0.1, -0.05) is 18.2 Å². The van der Waals surface area contributed by atoms with Gasteiger partial charge in [0.25, 0.3) is 0 Å². The maximum Gasteiger partial charge on any atom is 0.123 e. The number of hydrogen-bond acceptors (Lipinski definition) is 4. The summed E-state index contributed by atoms with van der Waals surface area (Å²) >= 11 is 0. The predicted molar refractivity (Wildman–Crippen MR) is 94.0 cm³/mol. The van der Waals surface area contributed by atoms with E-state index in [4.69, 9.17) is 4.74 Å². The Labute approximate surface area is 143 Å². The number of β-amino-alcohol motifs (C(OH)–C–C–N with tert-alkyl or cyclic N) is 1. The smallest absolute Gasteiger partial charge is 0.123 e. The first-order chi connectivity index (χ1) is 11.6. The molecule has 0 aliphatic carbocycles. The van der Waals surface area contributed by atoms with Crippen molar-refractivity contribution in [3.8, 4) is 5.75 Å². The minimum absolute atomic E-state index is 0.326. The molecule has 1 aromatic carbocycles. The van der Waals surface area contributed by atoms with Crippen LogP contribution in [-0.4, -0.2) is 44.9 Å². The van der Waals surface area contributed by atoms with Gasteiger partial charge in [-0.2, -0.15) is 0 Å². The molecular weight excluding hydrogens is 302 g/mol. The van der Waals surface area contributed by atoms with Crippen LogP contribution in [0.5, 0.6) is 5.75 Å². The van der Waals surface area contributed by atoms with Gasteiger partial charge < -0.3 is 14.4 Å². The average Bonchev–Trinajstić information content (AvgIpc) is 3.03. The van der Waals surface area contributed by atoms with E-state index in [2.05, 4.69) is 28.3 Å². The van der Waals surface area contributed by atoms with Gasteiger partial charge in [0.1, 0.15) is 23.8 Å². The highest BCUT2D eigenvalue weighted by Crippen LogP contribution is 2.24. The number of hydrogen-bond donors (Lipinski definition) is 1. The molecule has 2 heterocycles. The lowest BCUT2D eigenvalue weighted by Crippen LogP contribution is -2.51. The Morgan fingerprint density at radius 3 is 2.83 bits per heavy atom. The van der Waals surface area contributed by atoms with Crippen LogP contribution in [0.1, 0.15) is 38.6 Å². The van der Waals surface area contributed by atoms with Gasteiger partial charge in [0.05, 0.1) is 6.54 Å². The summed E-state index contributed by atoms with van der Waals surface area (Å²) in [6.45, 7) is 7.01. The number of benzene rings is 1. The Morgan fingerprint density at radius 2 is 2.08 bits per heavy atom. The van der Waals surface area contributed by atoms with Gasteiger partial charge in [-0.15, -0.1) is 0 Å². The third kappa shape index (κ3) is 4.16. The number of likely N-dealkylation sites (tertiary alicyclic amines) is 1. The fourth-order valence-electron chi connectivity index (χ4n) is 3.33. The molecule has 130 valence electrons. The normalized spacial score (nSPS) is 22.0. The van der Waals surface area contributed by atoms with Crippen LogP contribution in [0.15, 0.2) is 42.7 Å². The van der Waals surface area contributed by atoms with E-state index >= 15 is 0 Å². The van der Waals surface area contributed by atoms with E-state index in [9.17, 15) is 5.11 Å². The first-order valence-corrected chi connectivity index (χ1v) is 8.70. The van der Waals surface area contributed by atoms with Crippen LogP contribution in [-0.2, 0) is 6.54 Å². The SMILES string of the molecule is CC(C)n1ccnc1CN1CCC[C@@](O)(COc2ccccc2)C1. The molecule has 5 nitrogen and oxygen atoms in total. The molecular formula is C19H27N3O2. The summed E-state index contributed by atoms with van der Waals surface area (Å²) in [6.07, 6.45) is 5.62. The molecule has 0 radical (unpaired) electrons. The van der Waals surface area contributed by atoms with Crippen LogP contribution in [0, 0.1) is 0 Å². The zero-order valence-electron chi connectivity index (χ0n) is 14.6. The minimum atomic E-state index is -0.802. The fourth-order valence-corrected chi connectivity index (χ4v) is 3.33. The molecule has 2 aromatic rings. The summed E-state index contributed by atoms with van der Waals surface area (Å²) in [7, 11) is 0. The maximum absolute atomic E-state index is 10.9. The highest BCUT2D eigenvalue weighted by Gasteiger charge is 2.34. The van der Waals surface area contributed by atoms with E-state index in [0.717, 1.165) is 37.5 Å². The quantitative estimate of drug-likeness (QED) is 0.885. The molecule has 1 aromatic heterocycles. The molecule has 0 bridgehead atoms. The van der Waals surface area contributed by atoms with Crippen molar-refractivity contribution in [2.75, 3.05) is 19.7 Å². The standard InChI is InChI=1S/C19H27N3O2/c1-16(2)22-12-10-20-18(22)13-21-11-6-9-19(23,14-21)15-24-17-7-4-3-5-8-17/h3-5,7-8,10,12,16,23H,6,9,11,13-15H2,1-2H3/t19-/m0/s1. The van der Waals surface area contributed by atoms with Crippen LogP contribution >= 0.6 is 0 Å². The van der Waals surface area contributed by atoms with Crippen LogP contribution in [0.25, 0.3) is 0 Å². The van der Waals surface area contributed by atoms with E-state index < -0.39 is 5.60 Å². The zero-order chi connectivity index (χ0) is 17.0. The van der Waals surface area contributed by atoms with Crippen molar-refractivity contribution in [1.82, 2.24) is 14.5 Å². The molecule has 3 rings (SSSR count). The number of aliphatic hydroxyl groups is 1. The summed E-state index contributed by atoms with van der Waals surface area (Å²) in [5, 5.41) is 10.9. The molecule has 1 N–H and O–H groups in total. The Hall–Kier alpha value is -1.85. The molecule has 5 heteroatoms. The highest BCUT2D eigenvalue weighted by atomic mass is 16.5. The Balaban J connectivity index is 1.60. The Kier molecular flexibility index (Phi) is 5.21. The molecule has 0 saturated carbocycles.